The number of amides is 2. The molecule has 0 aliphatic rings. The van der Waals surface area contributed by atoms with Crippen LogP contribution in [0.3, 0.4) is 0 Å². The zero-order valence-electron chi connectivity index (χ0n) is 21.2. The minimum absolute atomic E-state index is 0.0583. The van der Waals surface area contributed by atoms with E-state index in [9.17, 15) is 9.59 Å². The third kappa shape index (κ3) is 6.75. The summed E-state index contributed by atoms with van der Waals surface area (Å²) in [6.07, 6.45) is 1.61. The fraction of sp³-hybridized carbons (Fsp3) is 0.200. The highest BCUT2D eigenvalue weighted by Crippen LogP contribution is 2.29. The van der Waals surface area contributed by atoms with E-state index in [1.165, 1.54) is 0 Å². The number of ether oxygens (including phenoxy) is 2. The largest absolute Gasteiger partial charge is 0.493 e. The third-order valence-electron chi connectivity index (χ3n) is 6.08. The van der Waals surface area contributed by atoms with Gasteiger partial charge in [0.2, 0.25) is 11.8 Å². The number of nitrogens with one attached hydrogen (secondary N) is 1. The molecule has 1 aromatic heterocycles. The maximum Gasteiger partial charge on any atom is 0.247 e. The van der Waals surface area contributed by atoms with Gasteiger partial charge in [-0.05, 0) is 53.1 Å². The quantitative estimate of drug-likeness (QED) is 0.273. The highest BCUT2D eigenvalue weighted by atomic mass is 35.5. The summed E-state index contributed by atoms with van der Waals surface area (Å²) in [6, 6.07) is 24.5. The van der Waals surface area contributed by atoms with Crippen LogP contribution in [-0.4, -0.2) is 30.9 Å². The van der Waals surface area contributed by atoms with Crippen molar-refractivity contribution < 1.29 is 23.5 Å². The van der Waals surface area contributed by atoms with Crippen molar-refractivity contribution in [3.05, 3.63) is 119 Å². The number of rotatable bonds is 11. The Bertz CT molecular complexity index is 1340. The van der Waals surface area contributed by atoms with Gasteiger partial charge in [0.1, 0.15) is 11.8 Å². The number of methoxy groups -OCH3 is 2. The molecule has 1 heterocycles. The number of benzene rings is 3. The summed E-state index contributed by atoms with van der Waals surface area (Å²) in [5, 5.41) is 3.52. The van der Waals surface area contributed by atoms with Gasteiger partial charge in [0.15, 0.2) is 11.5 Å². The van der Waals surface area contributed by atoms with Crippen molar-refractivity contribution in [1.29, 1.82) is 0 Å². The molecule has 0 bridgehead atoms. The van der Waals surface area contributed by atoms with Crippen molar-refractivity contribution in [1.82, 2.24) is 10.2 Å². The summed E-state index contributed by atoms with van der Waals surface area (Å²) in [4.78, 5) is 29.2. The number of furan rings is 1. The molecule has 3 aromatic carbocycles. The van der Waals surface area contributed by atoms with Crippen molar-refractivity contribution in [3.8, 4) is 11.5 Å². The minimum Gasteiger partial charge on any atom is -0.493 e. The van der Waals surface area contributed by atoms with E-state index < -0.39 is 6.04 Å². The van der Waals surface area contributed by atoms with Crippen molar-refractivity contribution >= 4 is 23.4 Å². The minimum atomic E-state index is -0.880. The highest BCUT2D eigenvalue weighted by Gasteiger charge is 2.31. The first-order valence-electron chi connectivity index (χ1n) is 12.1. The third-order valence-corrected chi connectivity index (χ3v) is 6.33. The number of hydrogen-bond acceptors (Lipinski definition) is 5. The number of hydrogen-bond donors (Lipinski definition) is 1. The Morgan fingerprint density at radius 2 is 1.61 bits per heavy atom. The standard InChI is InChI=1S/C30H29ClN2O5/c1-36-26-15-12-22(17-27(26)37-2)18-28(34)33(20-21-10-13-24(31)14-11-21)29(23-7-4-3-5-8-23)30(35)32-19-25-9-6-16-38-25/h3-17,29H,18-20H2,1-2H3,(H,32,35)/t29-/m0/s1. The molecule has 0 saturated carbocycles. The number of carbonyl (C=O) groups is 2. The Morgan fingerprint density at radius 3 is 2.26 bits per heavy atom. The van der Waals surface area contributed by atoms with Crippen LogP contribution in [0.4, 0.5) is 0 Å². The van der Waals surface area contributed by atoms with E-state index in [4.69, 9.17) is 25.5 Å². The van der Waals surface area contributed by atoms with Gasteiger partial charge >= 0.3 is 0 Å². The first kappa shape index (κ1) is 26.8. The van der Waals surface area contributed by atoms with Crippen LogP contribution >= 0.6 is 11.6 Å². The molecular weight excluding hydrogens is 504 g/mol. The molecule has 8 heteroatoms. The molecule has 7 nitrogen and oxygen atoms in total. The summed E-state index contributed by atoms with van der Waals surface area (Å²) in [6.45, 7) is 0.408. The summed E-state index contributed by atoms with van der Waals surface area (Å²) in [7, 11) is 3.10. The van der Waals surface area contributed by atoms with Crippen LogP contribution in [0.1, 0.15) is 28.5 Å². The monoisotopic (exact) mass is 532 g/mol. The SMILES string of the molecule is COc1ccc(CC(=O)N(Cc2ccc(Cl)cc2)[C@H](C(=O)NCc2ccco2)c2ccccc2)cc1OC. The van der Waals surface area contributed by atoms with Gasteiger partial charge in [-0.3, -0.25) is 9.59 Å². The van der Waals surface area contributed by atoms with Gasteiger partial charge in [-0.15, -0.1) is 0 Å². The lowest BCUT2D eigenvalue weighted by molar-refractivity contribution is -0.141. The molecule has 0 aliphatic heterocycles. The molecule has 0 radical (unpaired) electrons. The van der Waals surface area contributed by atoms with E-state index in [0.29, 0.717) is 27.8 Å². The Hall–Kier alpha value is -4.23. The van der Waals surface area contributed by atoms with Crippen LogP contribution in [0.5, 0.6) is 11.5 Å². The van der Waals surface area contributed by atoms with Gasteiger partial charge in [0, 0.05) is 11.6 Å². The van der Waals surface area contributed by atoms with Gasteiger partial charge < -0.3 is 24.1 Å². The Morgan fingerprint density at radius 1 is 0.895 bits per heavy atom. The second-order valence-electron chi connectivity index (χ2n) is 8.62. The van der Waals surface area contributed by atoms with E-state index >= 15 is 0 Å². The van der Waals surface area contributed by atoms with Crippen LogP contribution in [0.15, 0.2) is 95.6 Å². The van der Waals surface area contributed by atoms with Gasteiger partial charge in [-0.2, -0.15) is 0 Å². The Balaban J connectivity index is 1.68. The van der Waals surface area contributed by atoms with E-state index in [0.717, 1.165) is 11.1 Å². The Labute approximate surface area is 226 Å². The average molecular weight is 533 g/mol. The van der Waals surface area contributed by atoms with Crippen LogP contribution in [0, 0.1) is 0 Å². The molecule has 1 atom stereocenters. The summed E-state index contributed by atoms with van der Waals surface area (Å²) >= 11 is 6.09. The predicted octanol–water partition coefficient (Wildman–Crippen LogP) is 5.58. The molecule has 2 amide bonds. The van der Waals surface area contributed by atoms with Crippen molar-refractivity contribution in [2.45, 2.75) is 25.6 Å². The van der Waals surface area contributed by atoms with Gasteiger partial charge in [-0.25, -0.2) is 0 Å². The van der Waals surface area contributed by atoms with E-state index in [2.05, 4.69) is 5.32 Å². The average Bonchev–Trinajstić information content (AvgIpc) is 3.47. The number of nitrogens with zero attached hydrogens (tertiary/aromatic N) is 1. The topological polar surface area (TPSA) is 81.0 Å². The molecule has 0 aliphatic carbocycles. The molecule has 0 spiro atoms. The second kappa shape index (κ2) is 12.8. The van der Waals surface area contributed by atoms with Crippen LogP contribution in [0.2, 0.25) is 5.02 Å². The maximum atomic E-state index is 13.9. The fourth-order valence-electron chi connectivity index (χ4n) is 4.17. The molecule has 0 unspecified atom stereocenters. The van der Waals surface area contributed by atoms with Gasteiger partial charge in [-0.1, -0.05) is 60.1 Å². The van der Waals surface area contributed by atoms with Gasteiger partial charge in [0.25, 0.3) is 0 Å². The number of halogens is 1. The summed E-state index contributed by atoms with van der Waals surface area (Å²) in [5.41, 5.74) is 2.27. The molecule has 1 N–H and O–H groups in total. The first-order valence-corrected chi connectivity index (χ1v) is 12.5. The molecule has 0 fully saturated rings. The summed E-state index contributed by atoms with van der Waals surface area (Å²) < 4.78 is 16.1. The molecule has 4 aromatic rings. The smallest absolute Gasteiger partial charge is 0.247 e. The van der Waals surface area contributed by atoms with Crippen LogP contribution in [0.25, 0.3) is 0 Å². The van der Waals surface area contributed by atoms with Crippen molar-refractivity contribution in [2.24, 2.45) is 0 Å². The number of carbonyl (C=O) groups excluding carboxylic acids is 2. The van der Waals surface area contributed by atoms with Crippen molar-refractivity contribution in [2.75, 3.05) is 14.2 Å². The lowest BCUT2D eigenvalue weighted by Gasteiger charge is -2.32. The molecule has 0 saturated heterocycles. The normalized spacial score (nSPS) is 11.4. The predicted molar refractivity (Wildman–Crippen MR) is 145 cm³/mol. The van der Waals surface area contributed by atoms with E-state index in [1.807, 2.05) is 48.5 Å². The zero-order valence-corrected chi connectivity index (χ0v) is 22.0. The first-order chi connectivity index (χ1) is 18.5. The maximum absolute atomic E-state index is 13.9. The zero-order chi connectivity index (χ0) is 26.9. The van der Waals surface area contributed by atoms with Crippen molar-refractivity contribution in [3.63, 3.8) is 0 Å². The van der Waals surface area contributed by atoms with Crippen LogP contribution in [-0.2, 0) is 29.1 Å². The molecule has 4 rings (SSSR count). The fourth-order valence-corrected chi connectivity index (χ4v) is 4.29. The molecular formula is C30H29ClN2O5. The van der Waals surface area contributed by atoms with Crippen LogP contribution < -0.4 is 14.8 Å². The Kier molecular flexibility index (Phi) is 9.06. The molecule has 196 valence electrons. The second-order valence-corrected chi connectivity index (χ2v) is 9.06. The van der Waals surface area contributed by atoms with E-state index in [1.54, 1.807) is 61.8 Å². The van der Waals surface area contributed by atoms with Gasteiger partial charge in [0.05, 0.1) is 33.4 Å². The molecule has 38 heavy (non-hydrogen) atoms. The summed E-state index contributed by atoms with van der Waals surface area (Å²) in [5.74, 6) is 1.17. The lowest BCUT2D eigenvalue weighted by Crippen LogP contribution is -2.43. The van der Waals surface area contributed by atoms with E-state index in [-0.39, 0.29) is 31.3 Å². The lowest BCUT2D eigenvalue weighted by atomic mass is 10.0. The highest BCUT2D eigenvalue weighted by molar-refractivity contribution is 6.30.